The van der Waals surface area contributed by atoms with Crippen LogP contribution < -0.4 is 0 Å². The number of carbonyl (C=O) groups excluding carboxylic acids is 2. The van der Waals surface area contributed by atoms with Crippen molar-refractivity contribution in [1.82, 2.24) is 9.80 Å². The smallest absolute Gasteiger partial charge is 0.231 e. The van der Waals surface area contributed by atoms with E-state index in [9.17, 15) is 9.59 Å². The fourth-order valence-corrected chi connectivity index (χ4v) is 4.20. The van der Waals surface area contributed by atoms with Gasteiger partial charge in [0.2, 0.25) is 11.8 Å². The third kappa shape index (κ3) is 2.65. The molecule has 2 heterocycles. The molecule has 3 aliphatic rings. The van der Waals surface area contributed by atoms with Crippen LogP contribution in [0.15, 0.2) is 0 Å². The largest absolute Gasteiger partial charge is 0.342 e. The van der Waals surface area contributed by atoms with Crippen molar-refractivity contribution in [1.29, 1.82) is 0 Å². The second kappa shape index (κ2) is 5.31. The van der Waals surface area contributed by atoms with E-state index < -0.39 is 9.75 Å². The van der Waals surface area contributed by atoms with Crippen LogP contribution in [0, 0.1) is 11.3 Å². The van der Waals surface area contributed by atoms with Crippen molar-refractivity contribution < 1.29 is 9.59 Å². The van der Waals surface area contributed by atoms with E-state index in [1.54, 1.807) is 0 Å². The van der Waals surface area contributed by atoms with Crippen molar-refractivity contribution in [3.8, 4) is 0 Å². The third-order valence-electron chi connectivity index (χ3n) is 5.28. The van der Waals surface area contributed by atoms with Gasteiger partial charge in [-0.2, -0.15) is 0 Å². The molecule has 3 rings (SSSR count). The lowest BCUT2D eigenvalue weighted by molar-refractivity contribution is -0.142. The van der Waals surface area contributed by atoms with Gasteiger partial charge in [0, 0.05) is 32.1 Å². The van der Waals surface area contributed by atoms with E-state index in [0.717, 1.165) is 38.8 Å². The maximum absolute atomic E-state index is 12.5. The molecule has 0 radical (unpaired) electrons. The van der Waals surface area contributed by atoms with Crippen LogP contribution in [0.3, 0.4) is 0 Å². The number of amides is 2. The molecule has 1 unspecified atom stereocenters. The van der Waals surface area contributed by atoms with Gasteiger partial charge in [-0.25, -0.2) is 0 Å². The maximum atomic E-state index is 12.5. The molecule has 21 heavy (non-hydrogen) atoms. The Morgan fingerprint density at radius 2 is 1.52 bits per heavy atom. The quantitative estimate of drug-likeness (QED) is 0.728. The van der Waals surface area contributed by atoms with Gasteiger partial charge in [0.25, 0.3) is 0 Å². The molecule has 2 saturated heterocycles. The zero-order chi connectivity index (χ0) is 15.3. The summed E-state index contributed by atoms with van der Waals surface area (Å²) in [5.74, 6) is 0.400. The van der Waals surface area contributed by atoms with Gasteiger partial charge >= 0.3 is 0 Å². The summed E-state index contributed by atoms with van der Waals surface area (Å²) in [6, 6.07) is 0. The van der Waals surface area contributed by atoms with Gasteiger partial charge in [-0.15, -0.1) is 23.2 Å². The van der Waals surface area contributed by atoms with Gasteiger partial charge in [0.1, 0.15) is 4.33 Å². The first-order chi connectivity index (χ1) is 9.85. The number of likely N-dealkylation sites (tertiary alicyclic amines) is 2. The van der Waals surface area contributed by atoms with Crippen LogP contribution in [-0.4, -0.2) is 52.1 Å². The highest BCUT2D eigenvalue weighted by Gasteiger charge is 2.68. The van der Waals surface area contributed by atoms with Gasteiger partial charge in [0.15, 0.2) is 0 Å². The molecular formula is C15H22Cl2N2O2. The van der Waals surface area contributed by atoms with Gasteiger partial charge in [-0.1, -0.05) is 0 Å². The number of nitrogens with zero attached hydrogens (tertiary/aromatic N) is 2. The molecule has 2 aliphatic heterocycles. The van der Waals surface area contributed by atoms with E-state index in [4.69, 9.17) is 23.2 Å². The molecule has 0 N–H and O–H groups in total. The van der Waals surface area contributed by atoms with E-state index in [-0.39, 0.29) is 17.7 Å². The Labute approximate surface area is 135 Å². The number of carbonyl (C=O) groups is 2. The first-order valence-electron chi connectivity index (χ1n) is 7.81. The summed E-state index contributed by atoms with van der Waals surface area (Å²) in [6.07, 6.45) is 4.28. The summed E-state index contributed by atoms with van der Waals surface area (Å²) in [6.45, 7) is 4.91. The topological polar surface area (TPSA) is 40.6 Å². The van der Waals surface area contributed by atoms with Crippen molar-refractivity contribution in [2.45, 2.75) is 43.4 Å². The molecule has 0 bridgehead atoms. The molecule has 0 spiro atoms. The van der Waals surface area contributed by atoms with Crippen LogP contribution in [0.4, 0.5) is 0 Å². The van der Waals surface area contributed by atoms with E-state index in [1.165, 1.54) is 0 Å². The Bertz CT molecular complexity index is 455. The average molecular weight is 333 g/mol. The van der Waals surface area contributed by atoms with Crippen LogP contribution in [0.25, 0.3) is 0 Å². The zero-order valence-electron chi connectivity index (χ0n) is 12.4. The normalized spacial score (nSPS) is 32.3. The summed E-state index contributed by atoms with van der Waals surface area (Å²) < 4.78 is -0.910. The van der Waals surface area contributed by atoms with Crippen LogP contribution in [-0.2, 0) is 9.59 Å². The number of hydrogen-bond donors (Lipinski definition) is 0. The SMILES string of the molecule is CC1(C(=O)N2CCC(C(=O)N3CCCC3)CC2)CC1(Cl)Cl. The summed E-state index contributed by atoms with van der Waals surface area (Å²) >= 11 is 12.2. The fraction of sp³-hybridized carbons (Fsp3) is 0.867. The predicted molar refractivity (Wildman–Crippen MR) is 82.3 cm³/mol. The Kier molecular flexibility index (Phi) is 3.90. The summed E-state index contributed by atoms with van der Waals surface area (Å²) in [4.78, 5) is 28.7. The lowest BCUT2D eigenvalue weighted by Crippen LogP contribution is -2.46. The zero-order valence-corrected chi connectivity index (χ0v) is 13.9. The van der Waals surface area contributed by atoms with E-state index >= 15 is 0 Å². The summed E-state index contributed by atoms with van der Waals surface area (Å²) in [5.41, 5.74) is -0.637. The van der Waals surface area contributed by atoms with Gasteiger partial charge in [-0.3, -0.25) is 9.59 Å². The highest BCUT2D eigenvalue weighted by Crippen LogP contribution is 2.64. The standard InChI is InChI=1S/C15H22Cl2N2O2/c1-14(10-15(14,16)17)13(21)19-8-4-11(5-9-19)12(20)18-6-2-3-7-18/h11H,2-10H2,1H3. The number of halogens is 2. The molecule has 4 nitrogen and oxygen atoms in total. The minimum absolute atomic E-state index is 0.0413. The minimum atomic E-state index is -0.910. The van der Waals surface area contributed by atoms with Crippen molar-refractivity contribution in [3.63, 3.8) is 0 Å². The molecule has 118 valence electrons. The molecule has 2 amide bonds. The number of alkyl halides is 2. The monoisotopic (exact) mass is 332 g/mol. The highest BCUT2D eigenvalue weighted by atomic mass is 35.5. The first-order valence-corrected chi connectivity index (χ1v) is 8.57. The Morgan fingerprint density at radius 3 is 2.00 bits per heavy atom. The van der Waals surface area contributed by atoms with E-state index in [1.807, 2.05) is 16.7 Å². The number of hydrogen-bond acceptors (Lipinski definition) is 2. The molecule has 3 fully saturated rings. The van der Waals surface area contributed by atoms with Crippen molar-refractivity contribution >= 4 is 35.0 Å². The van der Waals surface area contributed by atoms with Gasteiger partial charge < -0.3 is 9.80 Å². The predicted octanol–water partition coefficient (Wildman–Crippen LogP) is 2.43. The lowest BCUT2D eigenvalue weighted by atomic mass is 9.94. The van der Waals surface area contributed by atoms with E-state index in [2.05, 4.69) is 0 Å². The molecule has 1 saturated carbocycles. The van der Waals surface area contributed by atoms with Crippen LogP contribution in [0.1, 0.15) is 39.0 Å². The minimum Gasteiger partial charge on any atom is -0.342 e. The maximum Gasteiger partial charge on any atom is 0.231 e. The van der Waals surface area contributed by atoms with Crippen LogP contribution >= 0.6 is 23.2 Å². The van der Waals surface area contributed by atoms with E-state index in [0.29, 0.717) is 19.5 Å². The summed E-state index contributed by atoms with van der Waals surface area (Å²) in [5, 5.41) is 0. The Balaban J connectivity index is 1.53. The summed E-state index contributed by atoms with van der Waals surface area (Å²) in [7, 11) is 0. The molecule has 0 aromatic rings. The highest BCUT2D eigenvalue weighted by molar-refractivity contribution is 6.53. The first kappa shape index (κ1) is 15.4. The fourth-order valence-electron chi connectivity index (χ4n) is 3.51. The Morgan fingerprint density at radius 1 is 1.00 bits per heavy atom. The molecular weight excluding hydrogens is 311 g/mol. The Hall–Kier alpha value is -0.480. The van der Waals surface area contributed by atoms with Gasteiger partial charge in [0.05, 0.1) is 5.41 Å². The molecule has 0 aromatic carbocycles. The number of piperidine rings is 1. The van der Waals surface area contributed by atoms with Crippen molar-refractivity contribution in [2.75, 3.05) is 26.2 Å². The molecule has 1 aliphatic carbocycles. The third-order valence-corrected chi connectivity index (χ3v) is 6.38. The second-order valence-electron chi connectivity index (χ2n) is 6.81. The molecule has 1 atom stereocenters. The van der Waals surface area contributed by atoms with Gasteiger partial charge in [-0.05, 0) is 39.0 Å². The number of rotatable bonds is 2. The van der Waals surface area contributed by atoms with Crippen LogP contribution in [0.5, 0.6) is 0 Å². The lowest BCUT2D eigenvalue weighted by Gasteiger charge is -2.34. The van der Waals surface area contributed by atoms with Crippen molar-refractivity contribution in [2.24, 2.45) is 11.3 Å². The second-order valence-corrected chi connectivity index (χ2v) is 8.30. The average Bonchev–Trinajstić information content (AvgIpc) is 2.88. The molecule has 0 aromatic heterocycles. The van der Waals surface area contributed by atoms with Crippen LogP contribution in [0.2, 0.25) is 0 Å². The van der Waals surface area contributed by atoms with Crippen molar-refractivity contribution in [3.05, 3.63) is 0 Å². The molecule has 6 heteroatoms.